The van der Waals surface area contributed by atoms with Crippen LogP contribution in [0.4, 0.5) is 14.4 Å². The van der Waals surface area contributed by atoms with E-state index < -0.39 is 88.3 Å². The molecule has 2 spiro atoms. The Hall–Kier alpha value is -10.5. The average Bonchev–Trinajstić information content (AvgIpc) is 1.46. The van der Waals surface area contributed by atoms with Crippen molar-refractivity contribution in [1.29, 1.82) is 0 Å². The molecule has 30 heteroatoms. The van der Waals surface area contributed by atoms with E-state index in [4.69, 9.17) is 57.7 Å². The first-order valence-electron chi connectivity index (χ1n) is 38.9. The van der Waals surface area contributed by atoms with Gasteiger partial charge < -0.3 is 68.0 Å². The van der Waals surface area contributed by atoms with E-state index in [-0.39, 0.29) is 105 Å². The van der Waals surface area contributed by atoms with Crippen molar-refractivity contribution >= 4 is 92.2 Å². The number of rotatable bonds is 10. The first-order chi connectivity index (χ1) is 53.9. The molecule has 5 atom stereocenters. The fraction of sp³-hybridized carbons (Fsp3) is 0.560. The Morgan fingerprint density at radius 3 is 1.26 bits per heavy atom. The number of Topliss-reactive ketones (excluding diaryl/α,β-unsaturated/α-hetero) is 3. The number of hydrogen-bond donors (Lipinski definition) is 4. The molecular weight excluding hydrogens is 1470 g/mol. The number of aliphatic hydroxyl groups excluding tert-OH is 1. The lowest BCUT2D eigenvalue weighted by atomic mass is 9.79. The number of carboxylic acids is 1. The number of nitrogens with zero attached hydrogens (tertiary/aromatic N) is 6. The maximum Gasteiger partial charge on any atom is 0.411 e. The quantitative estimate of drug-likeness (QED) is 0.0731. The van der Waals surface area contributed by atoms with Gasteiger partial charge in [0.25, 0.3) is 0 Å². The molecule has 614 valence electrons. The van der Waals surface area contributed by atoms with Gasteiger partial charge in [-0.15, -0.1) is 0 Å². The molecule has 0 unspecified atom stereocenters. The highest BCUT2D eigenvalue weighted by atomic mass is 16.6. The van der Waals surface area contributed by atoms with Crippen molar-refractivity contribution in [3.8, 4) is 28.7 Å². The number of aliphatic hydroxyl groups is 1. The SMILES string of the molecule is C1CCNC1.COC(=O)[C@@H]1CC(=O)CN1C(=O)OC(C)(C)C.COC(=O)[C@@H]1C[C@@]2(CC(=O)c3c(c(C4CCC4)nc4ccc(OC)cc34)O2)CN1C(=O)OC(C)(C)C.COC(=O)[C@@H]1C[C@]2(CC(=O)c3c(c(C4CCC4)nc4ccc(OC)cc34)O2)CN1C(=O)OC(C)(C)C.O=C(O)c1c(O)c(C2CCC2)nc2ccc(CO)cc12. The number of aromatic carboxylic acids is 1. The topological polar surface area (TPSA) is 384 Å². The van der Waals surface area contributed by atoms with Crippen molar-refractivity contribution < 1.29 is 111 Å². The summed E-state index contributed by atoms with van der Waals surface area (Å²) in [7, 11) is 6.93. The van der Waals surface area contributed by atoms with Gasteiger partial charge in [-0.25, -0.2) is 48.5 Å². The number of carboxylic acid groups (broad SMARTS) is 1. The number of carbonyl (C=O) groups excluding carboxylic acids is 9. The summed E-state index contributed by atoms with van der Waals surface area (Å²) in [4.78, 5) is 143. The van der Waals surface area contributed by atoms with Gasteiger partial charge in [0.05, 0.1) is 119 Å². The van der Waals surface area contributed by atoms with Gasteiger partial charge in [-0.2, -0.15) is 0 Å². The minimum absolute atomic E-state index is 0.00802. The predicted octanol–water partition coefficient (Wildman–Crippen LogP) is 12.3. The normalized spacial score (nSPS) is 21.8. The minimum Gasteiger partial charge on any atom is -0.505 e. The van der Waals surface area contributed by atoms with Crippen molar-refractivity contribution in [3.05, 3.63) is 93.9 Å². The number of esters is 3. The number of carbonyl (C=O) groups is 10. The highest BCUT2D eigenvalue weighted by molar-refractivity contribution is 6.13. The molecule has 114 heavy (non-hydrogen) atoms. The number of aromatic nitrogens is 3. The van der Waals surface area contributed by atoms with E-state index in [1.54, 1.807) is 94.7 Å². The standard InChI is InChI=1S/2C27H32N2O7.C15H15NO4.C11H17NO5.C4H9N/c2*1-26(2,3)36-25(32)29-14-27(12-19(29)24(31)34-5)13-20(30)21-17-11-16(33-4)9-10-18(17)28-22(23(21)35-27)15-7-6-8-15;17-7-8-4-5-11-10(6-8)12(15(19)20)14(18)13(16-11)9-2-1-3-9;1-11(2,3)17-10(15)12-6-7(13)5-8(12)9(14)16-4;1-2-4-5-3-1/h2*9-11,15,19H,6-8,12-14H2,1-5H3;4-6,9,17-18H,1-3,7H2,(H,19,20);8H,5-6H2,1-4H3;5H,1-4H2/t19-,27+;19-,27-;;8-;/m00.0./s1. The third-order valence-electron chi connectivity index (χ3n) is 21.6. The number of aromatic hydroxyl groups is 1. The Balaban J connectivity index is 0.000000153. The Kier molecular flexibility index (Phi) is 25.4. The number of fused-ring (bicyclic) bond motifs is 7. The molecule has 9 aliphatic rings. The van der Waals surface area contributed by atoms with Crippen molar-refractivity contribution in [3.63, 3.8) is 0 Å². The number of ether oxygens (including phenoxy) is 10. The fourth-order valence-electron chi connectivity index (χ4n) is 15.5. The zero-order chi connectivity index (χ0) is 82.7. The molecule has 3 saturated carbocycles. The van der Waals surface area contributed by atoms with Crippen molar-refractivity contribution in [2.75, 3.05) is 68.3 Å². The van der Waals surface area contributed by atoms with Crippen LogP contribution in [0.3, 0.4) is 0 Å². The molecule has 9 heterocycles. The molecule has 4 saturated heterocycles. The van der Waals surface area contributed by atoms with E-state index in [2.05, 4.69) is 15.0 Å². The van der Waals surface area contributed by atoms with Crippen LogP contribution in [0.2, 0.25) is 0 Å². The maximum absolute atomic E-state index is 13.8. The number of benzene rings is 3. The second-order valence-corrected chi connectivity index (χ2v) is 33.4. The smallest absolute Gasteiger partial charge is 0.411 e. The number of ketones is 3. The van der Waals surface area contributed by atoms with Gasteiger partial charge in [-0.1, -0.05) is 25.3 Å². The number of pyridine rings is 3. The Morgan fingerprint density at radius 1 is 0.518 bits per heavy atom. The van der Waals surface area contributed by atoms with Gasteiger partial charge in [-0.05, 0) is 181 Å². The lowest BCUT2D eigenvalue weighted by Gasteiger charge is -2.38. The molecule has 3 aromatic carbocycles. The zero-order valence-electron chi connectivity index (χ0n) is 67.4. The lowest BCUT2D eigenvalue weighted by Crippen LogP contribution is -2.47. The molecule has 30 nitrogen and oxygen atoms in total. The number of nitrogens with one attached hydrogen (secondary N) is 1. The largest absolute Gasteiger partial charge is 0.505 e. The highest BCUT2D eigenvalue weighted by Gasteiger charge is 2.58. The molecule has 7 fully saturated rings. The van der Waals surface area contributed by atoms with Crippen LogP contribution < -0.4 is 24.3 Å². The summed E-state index contributed by atoms with van der Waals surface area (Å²) in [6.45, 7) is 18.0. The van der Waals surface area contributed by atoms with E-state index in [9.17, 15) is 58.2 Å². The van der Waals surface area contributed by atoms with Crippen LogP contribution in [-0.2, 0) is 54.2 Å². The number of amides is 3. The van der Waals surface area contributed by atoms with Gasteiger partial charge >= 0.3 is 42.2 Å². The second-order valence-electron chi connectivity index (χ2n) is 33.4. The zero-order valence-corrected chi connectivity index (χ0v) is 67.4. The second kappa shape index (κ2) is 34.3. The Morgan fingerprint density at radius 2 is 0.904 bits per heavy atom. The highest BCUT2D eigenvalue weighted by Crippen LogP contribution is 2.53. The van der Waals surface area contributed by atoms with Crippen molar-refractivity contribution in [2.45, 2.75) is 236 Å². The number of hydrogen-bond acceptors (Lipinski definition) is 26. The van der Waals surface area contributed by atoms with Gasteiger partial charge in [0.2, 0.25) is 0 Å². The van der Waals surface area contributed by atoms with Crippen LogP contribution in [0.25, 0.3) is 32.7 Å². The van der Waals surface area contributed by atoms with Crippen LogP contribution in [0, 0.1) is 0 Å². The lowest BCUT2D eigenvalue weighted by molar-refractivity contribution is -0.146. The summed E-state index contributed by atoms with van der Waals surface area (Å²) in [6, 6.07) is 13.3. The number of methoxy groups -OCH3 is 5. The van der Waals surface area contributed by atoms with E-state index in [0.29, 0.717) is 67.1 Å². The maximum atomic E-state index is 13.8. The summed E-state index contributed by atoms with van der Waals surface area (Å²) in [5.41, 5.74) is 1.17. The molecule has 3 aliphatic carbocycles. The predicted molar refractivity (Wildman–Crippen MR) is 414 cm³/mol. The first kappa shape index (κ1) is 84.4. The average molecular weight is 1580 g/mol. The van der Waals surface area contributed by atoms with Crippen LogP contribution in [0.5, 0.6) is 28.7 Å². The molecule has 6 aliphatic heterocycles. The van der Waals surface area contributed by atoms with Crippen LogP contribution in [0.15, 0.2) is 54.6 Å². The summed E-state index contributed by atoms with van der Waals surface area (Å²) in [6.07, 6.45) is 10.1. The van der Waals surface area contributed by atoms with Gasteiger partial charge in [0.15, 0.2) is 34.6 Å². The fourth-order valence-corrected chi connectivity index (χ4v) is 15.5. The third-order valence-corrected chi connectivity index (χ3v) is 21.6. The van der Waals surface area contributed by atoms with Crippen molar-refractivity contribution in [1.82, 2.24) is 35.0 Å². The minimum atomic E-state index is -1.18. The first-order valence-corrected chi connectivity index (χ1v) is 38.9. The third kappa shape index (κ3) is 18.6. The molecule has 0 radical (unpaired) electrons. The van der Waals surface area contributed by atoms with Crippen LogP contribution >= 0.6 is 0 Å². The Bertz CT molecular complexity index is 4520. The summed E-state index contributed by atoms with van der Waals surface area (Å²) < 4.78 is 54.9. The summed E-state index contributed by atoms with van der Waals surface area (Å²) in [5, 5.41) is 33.7. The summed E-state index contributed by atoms with van der Waals surface area (Å²) >= 11 is 0. The monoisotopic (exact) mass is 1580 g/mol. The molecular formula is C84H105N7O23. The van der Waals surface area contributed by atoms with E-state index in [0.717, 1.165) is 85.1 Å². The van der Waals surface area contributed by atoms with E-state index in [1.165, 1.54) is 57.1 Å². The molecule has 6 aromatic rings. The molecule has 15 rings (SSSR count). The number of likely N-dealkylation sites (tertiary alicyclic amines) is 3. The Labute approximate surface area is 661 Å². The van der Waals surface area contributed by atoms with Gasteiger partial charge in [0, 0.05) is 53.2 Å². The molecule has 0 bridgehead atoms. The van der Waals surface area contributed by atoms with E-state index >= 15 is 0 Å². The summed E-state index contributed by atoms with van der Waals surface area (Å²) in [5.74, 6) is -0.797. The van der Waals surface area contributed by atoms with E-state index in [1.807, 2.05) is 36.4 Å². The van der Waals surface area contributed by atoms with Crippen molar-refractivity contribution in [2.24, 2.45) is 0 Å². The molecule has 4 N–H and O–H groups in total. The van der Waals surface area contributed by atoms with Crippen LogP contribution in [0.1, 0.15) is 237 Å². The van der Waals surface area contributed by atoms with Gasteiger partial charge in [-0.3, -0.25) is 29.1 Å². The van der Waals surface area contributed by atoms with Crippen LogP contribution in [-0.4, -0.2) is 219 Å². The van der Waals surface area contributed by atoms with Gasteiger partial charge in [0.1, 0.15) is 63.2 Å². The molecule has 3 aromatic heterocycles. The molecule has 3 amide bonds.